The van der Waals surface area contributed by atoms with Gasteiger partial charge in [-0.15, -0.1) is 0 Å². The van der Waals surface area contributed by atoms with Crippen LogP contribution >= 0.6 is 0 Å². The summed E-state index contributed by atoms with van der Waals surface area (Å²) in [6.07, 6.45) is 0. The Morgan fingerprint density at radius 1 is 0.321 bits per heavy atom. The van der Waals surface area contributed by atoms with Crippen LogP contribution in [0.1, 0.15) is 5.82 Å². The summed E-state index contributed by atoms with van der Waals surface area (Å²) in [4.78, 5) is 24.6. The lowest BCUT2D eigenvalue weighted by atomic mass is 9.88. The van der Waals surface area contributed by atoms with E-state index >= 15 is 0 Å². The van der Waals surface area contributed by atoms with Crippen molar-refractivity contribution in [2.24, 2.45) is 0 Å². The highest BCUT2D eigenvalue weighted by atomic mass is 15.0. The van der Waals surface area contributed by atoms with E-state index in [1.54, 1.807) is 0 Å². The van der Waals surface area contributed by atoms with Crippen LogP contribution in [-0.4, -0.2) is 24.9 Å². The third-order valence-corrected chi connectivity index (χ3v) is 9.41. The molecular weight excluding hydrogens is 647 g/mol. The molecule has 2 aromatic heterocycles. The lowest BCUT2D eigenvalue weighted by Crippen LogP contribution is -1.99. The molecule has 7 aromatic carbocycles. The molecule has 250 valence electrons. The first-order valence-corrected chi connectivity index (χ1v) is 17.7. The first kappa shape index (κ1) is 31.8. The molecule has 0 aliphatic heterocycles. The Hall–Kier alpha value is -7.11. The molecule has 0 amide bonds. The zero-order valence-corrected chi connectivity index (χ0v) is 29.1. The Labute approximate surface area is 308 Å². The Kier molecular flexibility index (Phi) is 8.35. The van der Waals surface area contributed by atoms with Gasteiger partial charge in [0.05, 0.1) is 11.4 Å². The molecule has 53 heavy (non-hydrogen) atoms. The van der Waals surface area contributed by atoms with Crippen LogP contribution in [0, 0.1) is 6.92 Å². The quantitative estimate of drug-likeness (QED) is 0.168. The van der Waals surface area contributed by atoms with Crippen LogP contribution in [0.15, 0.2) is 182 Å². The van der Waals surface area contributed by atoms with E-state index in [4.69, 9.17) is 19.9 Å². The number of hydrogen-bond donors (Lipinski definition) is 0. The summed E-state index contributed by atoms with van der Waals surface area (Å²) in [7, 11) is 0. The molecular formula is C48H33N5. The fourth-order valence-corrected chi connectivity index (χ4v) is 6.88. The number of aromatic nitrogens is 5. The van der Waals surface area contributed by atoms with Gasteiger partial charge in [0.1, 0.15) is 5.82 Å². The second-order valence-electron chi connectivity index (χ2n) is 13.0. The van der Waals surface area contributed by atoms with Crippen molar-refractivity contribution in [1.29, 1.82) is 0 Å². The molecule has 0 aliphatic rings. The standard InChI is InChI=1S/C48H33N5/c1-32-49-46(36-20-9-4-10-21-36)53-47(50-32)39-24-13-22-37(29-39)42-28-27-33-15-11-12-26-41(33)45(42)38-23-14-25-40(30-38)48-51-43(34-16-5-2-6-17-34)31-44(52-48)35-18-7-3-8-19-35/h2-31H,1H3. The van der Waals surface area contributed by atoms with Crippen molar-refractivity contribution in [3.63, 3.8) is 0 Å². The van der Waals surface area contributed by atoms with E-state index in [1.807, 2.05) is 73.7 Å². The van der Waals surface area contributed by atoms with Crippen molar-refractivity contribution < 1.29 is 0 Å². The molecule has 0 aliphatic carbocycles. The first-order chi connectivity index (χ1) is 26.2. The zero-order valence-electron chi connectivity index (χ0n) is 29.1. The SMILES string of the molecule is Cc1nc(-c2ccccc2)nc(-c2cccc(-c3ccc4ccccc4c3-c3cccc(-c4nc(-c5ccccc5)cc(-c5ccccc5)n4)c3)c2)n1. The van der Waals surface area contributed by atoms with E-state index in [-0.39, 0.29) is 0 Å². The summed E-state index contributed by atoms with van der Waals surface area (Å²) in [5, 5.41) is 2.33. The Morgan fingerprint density at radius 3 is 1.43 bits per heavy atom. The average Bonchev–Trinajstić information content (AvgIpc) is 3.24. The van der Waals surface area contributed by atoms with Crippen LogP contribution in [0.5, 0.6) is 0 Å². The number of fused-ring (bicyclic) bond motifs is 1. The van der Waals surface area contributed by atoms with Crippen LogP contribution in [0.2, 0.25) is 0 Å². The molecule has 0 spiro atoms. The largest absolute Gasteiger partial charge is 0.228 e. The van der Waals surface area contributed by atoms with Gasteiger partial charge in [0, 0.05) is 27.8 Å². The van der Waals surface area contributed by atoms with Crippen LogP contribution in [0.4, 0.5) is 0 Å². The van der Waals surface area contributed by atoms with Crippen molar-refractivity contribution in [3.8, 4) is 78.9 Å². The molecule has 0 N–H and O–H groups in total. The van der Waals surface area contributed by atoms with Crippen LogP contribution in [0.3, 0.4) is 0 Å². The first-order valence-electron chi connectivity index (χ1n) is 17.7. The maximum absolute atomic E-state index is 5.13. The van der Waals surface area contributed by atoms with E-state index in [0.29, 0.717) is 23.3 Å². The van der Waals surface area contributed by atoms with Gasteiger partial charge in [0.2, 0.25) is 0 Å². The fraction of sp³-hybridized carbons (Fsp3) is 0.0208. The predicted molar refractivity (Wildman–Crippen MR) is 216 cm³/mol. The minimum Gasteiger partial charge on any atom is -0.228 e. The van der Waals surface area contributed by atoms with E-state index in [9.17, 15) is 0 Å². The van der Waals surface area contributed by atoms with Gasteiger partial charge in [-0.3, -0.25) is 0 Å². The molecule has 0 atom stereocenters. The maximum Gasteiger partial charge on any atom is 0.163 e. The van der Waals surface area contributed by atoms with E-state index in [1.165, 1.54) is 10.8 Å². The Balaban J connectivity index is 1.19. The van der Waals surface area contributed by atoms with Crippen LogP contribution in [0.25, 0.3) is 89.7 Å². The van der Waals surface area contributed by atoms with Gasteiger partial charge in [-0.2, -0.15) is 0 Å². The maximum atomic E-state index is 5.13. The number of aryl methyl sites for hydroxylation is 1. The highest BCUT2D eigenvalue weighted by Crippen LogP contribution is 2.40. The highest BCUT2D eigenvalue weighted by molar-refractivity contribution is 6.04. The Morgan fingerprint density at radius 2 is 0.792 bits per heavy atom. The van der Waals surface area contributed by atoms with Gasteiger partial charge in [0.25, 0.3) is 0 Å². The molecule has 5 heteroatoms. The zero-order chi connectivity index (χ0) is 35.6. The van der Waals surface area contributed by atoms with Gasteiger partial charge >= 0.3 is 0 Å². The summed E-state index contributed by atoms with van der Waals surface area (Å²) in [5.74, 6) is 2.66. The third kappa shape index (κ3) is 6.48. The minimum absolute atomic E-state index is 0.646. The van der Waals surface area contributed by atoms with Gasteiger partial charge in [-0.25, -0.2) is 24.9 Å². The summed E-state index contributed by atoms with van der Waals surface area (Å²) < 4.78 is 0. The molecule has 0 saturated carbocycles. The molecule has 0 saturated heterocycles. The summed E-state index contributed by atoms with van der Waals surface area (Å²) in [5.41, 5.74) is 11.1. The van der Waals surface area contributed by atoms with Crippen molar-refractivity contribution in [2.45, 2.75) is 6.92 Å². The normalized spacial score (nSPS) is 11.1. The van der Waals surface area contributed by atoms with E-state index in [2.05, 4.69) is 120 Å². The van der Waals surface area contributed by atoms with Crippen molar-refractivity contribution in [1.82, 2.24) is 24.9 Å². The second kappa shape index (κ2) is 13.9. The van der Waals surface area contributed by atoms with Gasteiger partial charge in [0.15, 0.2) is 17.5 Å². The second-order valence-corrected chi connectivity index (χ2v) is 13.0. The van der Waals surface area contributed by atoms with Gasteiger partial charge < -0.3 is 0 Å². The number of rotatable bonds is 7. The Bertz CT molecular complexity index is 2670. The predicted octanol–water partition coefficient (Wildman–Crippen LogP) is 11.8. The lowest BCUT2D eigenvalue weighted by Gasteiger charge is -2.16. The lowest BCUT2D eigenvalue weighted by molar-refractivity contribution is 0.992. The minimum atomic E-state index is 0.646. The molecule has 0 radical (unpaired) electrons. The van der Waals surface area contributed by atoms with E-state index < -0.39 is 0 Å². The topological polar surface area (TPSA) is 64.5 Å². The third-order valence-electron chi connectivity index (χ3n) is 9.41. The monoisotopic (exact) mass is 679 g/mol. The summed E-state index contributed by atoms with van der Waals surface area (Å²) >= 11 is 0. The molecule has 5 nitrogen and oxygen atoms in total. The van der Waals surface area contributed by atoms with E-state index in [0.717, 1.165) is 61.5 Å². The molecule has 9 aromatic rings. The van der Waals surface area contributed by atoms with Crippen LogP contribution < -0.4 is 0 Å². The molecule has 0 fully saturated rings. The highest BCUT2D eigenvalue weighted by Gasteiger charge is 2.17. The van der Waals surface area contributed by atoms with Gasteiger partial charge in [-0.1, -0.05) is 164 Å². The smallest absolute Gasteiger partial charge is 0.163 e. The molecule has 0 unspecified atom stereocenters. The van der Waals surface area contributed by atoms with Crippen molar-refractivity contribution in [2.75, 3.05) is 0 Å². The van der Waals surface area contributed by atoms with Crippen LogP contribution in [-0.2, 0) is 0 Å². The summed E-state index contributed by atoms with van der Waals surface area (Å²) in [6.45, 7) is 1.91. The summed E-state index contributed by atoms with van der Waals surface area (Å²) in [6, 6.07) is 62.8. The number of benzene rings is 7. The van der Waals surface area contributed by atoms with Crippen molar-refractivity contribution in [3.05, 3.63) is 188 Å². The molecule has 2 heterocycles. The molecule has 9 rings (SSSR count). The number of nitrogens with zero attached hydrogens (tertiary/aromatic N) is 5. The van der Waals surface area contributed by atoms with Gasteiger partial charge in [-0.05, 0) is 58.1 Å². The fourth-order valence-electron chi connectivity index (χ4n) is 6.88. The average molecular weight is 680 g/mol. The molecule has 0 bridgehead atoms. The number of hydrogen-bond acceptors (Lipinski definition) is 5. The van der Waals surface area contributed by atoms with Crippen molar-refractivity contribution >= 4 is 10.8 Å².